The molecule has 0 saturated carbocycles. The van der Waals surface area contributed by atoms with E-state index in [9.17, 15) is 22.8 Å². The van der Waals surface area contributed by atoms with Crippen LogP contribution in [0.1, 0.15) is 11.1 Å². The Morgan fingerprint density at radius 3 is 2.58 bits per heavy atom. The lowest BCUT2D eigenvalue weighted by Gasteiger charge is -2.11. The number of hydrogen-bond acceptors (Lipinski definition) is 5. The van der Waals surface area contributed by atoms with Gasteiger partial charge in [-0.1, -0.05) is 35.5 Å². The summed E-state index contributed by atoms with van der Waals surface area (Å²) in [6.07, 6.45) is -3.15. The summed E-state index contributed by atoms with van der Waals surface area (Å²) in [5.74, 6) is -0.356. The fourth-order valence-corrected chi connectivity index (χ4v) is 3.22. The molecule has 0 unspecified atom stereocenters. The van der Waals surface area contributed by atoms with Crippen molar-refractivity contribution in [2.24, 2.45) is 0 Å². The maximum Gasteiger partial charge on any atom is 0.416 e. The highest BCUT2D eigenvalue weighted by Gasteiger charge is 2.30. The summed E-state index contributed by atoms with van der Waals surface area (Å²) in [4.78, 5) is 29.5. The molecule has 0 atom stereocenters. The van der Waals surface area contributed by atoms with Gasteiger partial charge in [0.2, 0.25) is 11.7 Å². The predicted octanol–water partition coefficient (Wildman–Crippen LogP) is 4.53. The first-order valence-electron chi connectivity index (χ1n) is 9.79. The molecule has 2 heterocycles. The fourth-order valence-electron chi connectivity index (χ4n) is 3.22. The molecule has 4 rings (SSSR count). The number of nitrogens with one attached hydrogen (secondary N) is 1. The zero-order valence-corrected chi connectivity index (χ0v) is 17.3. The molecule has 10 heteroatoms. The van der Waals surface area contributed by atoms with Crippen molar-refractivity contribution in [2.45, 2.75) is 19.6 Å². The van der Waals surface area contributed by atoms with Crippen molar-refractivity contribution in [3.63, 3.8) is 0 Å². The zero-order valence-electron chi connectivity index (χ0n) is 17.3. The van der Waals surface area contributed by atoms with E-state index < -0.39 is 29.8 Å². The quantitative estimate of drug-likeness (QED) is 0.479. The number of carbonyl (C=O) groups is 1. The average Bonchev–Trinajstić information content (AvgIpc) is 3.25. The van der Waals surface area contributed by atoms with Crippen LogP contribution in [0.15, 0.2) is 76.2 Å². The molecule has 4 aromatic rings. The molecule has 0 aliphatic heterocycles. The minimum absolute atomic E-state index is 0.00844. The number of carbonyl (C=O) groups excluding carboxylic acids is 1. The van der Waals surface area contributed by atoms with E-state index in [1.54, 1.807) is 0 Å². The standard InChI is InChI=1S/C23H17F3N4O3/c1-14-6-2-3-9-17(14)20-28-21(33-29-20)18-10-5-11-30(22(18)32)13-19(31)27-16-8-4-7-15(12-16)23(24,25)26/h2-12H,13H2,1H3,(H,27,31). The summed E-state index contributed by atoms with van der Waals surface area (Å²) in [5, 5.41) is 6.30. The predicted molar refractivity (Wildman–Crippen MR) is 114 cm³/mol. The van der Waals surface area contributed by atoms with E-state index in [2.05, 4.69) is 15.5 Å². The van der Waals surface area contributed by atoms with Gasteiger partial charge in [0.1, 0.15) is 12.1 Å². The van der Waals surface area contributed by atoms with Gasteiger partial charge in [-0.05, 0) is 42.8 Å². The lowest BCUT2D eigenvalue weighted by molar-refractivity contribution is -0.137. The van der Waals surface area contributed by atoms with Gasteiger partial charge in [-0.25, -0.2) is 0 Å². The van der Waals surface area contributed by atoms with Gasteiger partial charge in [0.15, 0.2) is 0 Å². The van der Waals surface area contributed by atoms with Crippen molar-refractivity contribution in [1.29, 1.82) is 0 Å². The SMILES string of the molecule is Cc1ccccc1-c1noc(-c2cccn(CC(=O)Nc3cccc(C(F)(F)F)c3)c2=O)n1. The molecule has 0 fully saturated rings. The molecule has 168 valence electrons. The summed E-state index contributed by atoms with van der Waals surface area (Å²) in [6.45, 7) is 1.48. The van der Waals surface area contributed by atoms with Gasteiger partial charge in [0.05, 0.1) is 5.56 Å². The Balaban J connectivity index is 1.54. The van der Waals surface area contributed by atoms with Crippen molar-refractivity contribution < 1.29 is 22.5 Å². The van der Waals surface area contributed by atoms with Gasteiger partial charge in [-0.15, -0.1) is 0 Å². The second-order valence-electron chi connectivity index (χ2n) is 7.22. The number of amides is 1. The molecule has 2 aromatic carbocycles. The highest BCUT2D eigenvalue weighted by molar-refractivity contribution is 5.90. The third-order valence-corrected chi connectivity index (χ3v) is 4.85. The summed E-state index contributed by atoms with van der Waals surface area (Å²) in [7, 11) is 0. The average molecular weight is 454 g/mol. The van der Waals surface area contributed by atoms with Crippen molar-refractivity contribution in [1.82, 2.24) is 14.7 Å². The number of rotatable bonds is 5. The first-order chi connectivity index (χ1) is 15.7. The van der Waals surface area contributed by atoms with Crippen molar-refractivity contribution in [3.05, 3.63) is 88.3 Å². The number of nitrogens with zero attached hydrogens (tertiary/aromatic N) is 3. The van der Waals surface area contributed by atoms with Crippen LogP contribution in [0, 0.1) is 6.92 Å². The summed E-state index contributed by atoms with van der Waals surface area (Å²) >= 11 is 0. The van der Waals surface area contributed by atoms with E-state index in [0.29, 0.717) is 5.82 Å². The first kappa shape index (κ1) is 22.0. The van der Waals surface area contributed by atoms with Crippen LogP contribution in [0.4, 0.5) is 18.9 Å². The van der Waals surface area contributed by atoms with E-state index in [1.807, 2.05) is 31.2 Å². The van der Waals surface area contributed by atoms with E-state index in [0.717, 1.165) is 27.8 Å². The van der Waals surface area contributed by atoms with Gasteiger partial charge in [0.25, 0.3) is 11.4 Å². The Morgan fingerprint density at radius 1 is 1.06 bits per heavy atom. The maximum absolute atomic E-state index is 12.9. The normalized spacial score (nSPS) is 11.4. The van der Waals surface area contributed by atoms with Gasteiger partial charge < -0.3 is 14.4 Å². The molecule has 1 N–H and O–H groups in total. The number of halogens is 3. The first-order valence-corrected chi connectivity index (χ1v) is 9.79. The van der Waals surface area contributed by atoms with E-state index in [1.165, 1.54) is 30.5 Å². The summed E-state index contributed by atoms with van der Waals surface area (Å²) < 4.78 is 45.0. The zero-order chi connectivity index (χ0) is 23.6. The van der Waals surface area contributed by atoms with Gasteiger partial charge in [-0.3, -0.25) is 9.59 Å². The fraction of sp³-hybridized carbons (Fsp3) is 0.130. The molecule has 33 heavy (non-hydrogen) atoms. The number of benzene rings is 2. The molecule has 7 nitrogen and oxygen atoms in total. The van der Waals surface area contributed by atoms with Crippen LogP contribution < -0.4 is 10.9 Å². The highest BCUT2D eigenvalue weighted by atomic mass is 19.4. The van der Waals surface area contributed by atoms with Crippen molar-refractivity contribution in [2.75, 3.05) is 5.32 Å². The Labute approximate surface area is 185 Å². The second-order valence-corrected chi connectivity index (χ2v) is 7.22. The minimum Gasteiger partial charge on any atom is -0.333 e. The monoisotopic (exact) mass is 454 g/mol. The molecule has 0 saturated heterocycles. The topological polar surface area (TPSA) is 90.0 Å². The second kappa shape index (κ2) is 8.73. The molecule has 1 amide bonds. The molecule has 0 aliphatic carbocycles. The molecule has 0 aliphatic rings. The number of hydrogen-bond donors (Lipinski definition) is 1. The molecule has 0 bridgehead atoms. The Bertz CT molecular complexity index is 1380. The number of anilines is 1. The van der Waals surface area contributed by atoms with Crippen molar-refractivity contribution >= 4 is 11.6 Å². The van der Waals surface area contributed by atoms with Crippen LogP contribution in [0.25, 0.3) is 22.8 Å². The number of aryl methyl sites for hydroxylation is 1. The molecule has 0 spiro atoms. The van der Waals surface area contributed by atoms with E-state index in [4.69, 9.17) is 4.52 Å². The maximum atomic E-state index is 12.9. The Kier molecular flexibility index (Phi) is 5.82. The van der Waals surface area contributed by atoms with Gasteiger partial charge >= 0.3 is 6.18 Å². The Morgan fingerprint density at radius 2 is 1.82 bits per heavy atom. The van der Waals surface area contributed by atoms with Gasteiger partial charge in [-0.2, -0.15) is 18.2 Å². The van der Waals surface area contributed by atoms with E-state index in [-0.39, 0.29) is 17.1 Å². The molecule has 2 aromatic heterocycles. The van der Waals surface area contributed by atoms with Crippen molar-refractivity contribution in [3.8, 4) is 22.8 Å². The van der Waals surface area contributed by atoms with Crippen LogP contribution in [0.3, 0.4) is 0 Å². The number of aromatic nitrogens is 3. The van der Waals surface area contributed by atoms with Crippen LogP contribution >= 0.6 is 0 Å². The molecule has 0 radical (unpaired) electrons. The highest BCUT2D eigenvalue weighted by Crippen LogP contribution is 2.30. The smallest absolute Gasteiger partial charge is 0.333 e. The van der Waals surface area contributed by atoms with Crippen LogP contribution in [0.2, 0.25) is 0 Å². The number of pyridine rings is 1. The summed E-state index contributed by atoms with van der Waals surface area (Å²) in [5.41, 5.74) is 0.304. The lowest BCUT2D eigenvalue weighted by Crippen LogP contribution is -2.28. The lowest BCUT2D eigenvalue weighted by atomic mass is 10.1. The van der Waals surface area contributed by atoms with E-state index >= 15 is 0 Å². The van der Waals surface area contributed by atoms with Crippen LogP contribution in [-0.4, -0.2) is 20.6 Å². The Hall–Kier alpha value is -4.21. The van der Waals surface area contributed by atoms with Crippen LogP contribution in [0.5, 0.6) is 0 Å². The number of alkyl halides is 3. The molecular formula is C23H17F3N4O3. The minimum atomic E-state index is -4.53. The third-order valence-electron chi connectivity index (χ3n) is 4.85. The van der Waals surface area contributed by atoms with Gasteiger partial charge in [0, 0.05) is 17.4 Å². The van der Waals surface area contributed by atoms with Crippen LogP contribution in [-0.2, 0) is 17.5 Å². The molecular weight excluding hydrogens is 437 g/mol. The third kappa shape index (κ3) is 4.84. The largest absolute Gasteiger partial charge is 0.416 e. The summed E-state index contributed by atoms with van der Waals surface area (Å²) in [6, 6.07) is 14.7.